The van der Waals surface area contributed by atoms with Gasteiger partial charge in [0.2, 0.25) is 0 Å². The molecule has 41 heavy (non-hydrogen) atoms. The van der Waals surface area contributed by atoms with Crippen LogP contribution in [-0.2, 0) is 0 Å². The zero-order valence-electron chi connectivity index (χ0n) is 22.7. The maximum atomic E-state index is 13.0. The second-order valence-electron chi connectivity index (χ2n) is 9.77. The normalized spacial score (nSPS) is 10.7. The van der Waals surface area contributed by atoms with Gasteiger partial charge in [-0.15, -0.1) is 0 Å². The van der Waals surface area contributed by atoms with Crippen LogP contribution in [0.3, 0.4) is 0 Å². The van der Waals surface area contributed by atoms with Crippen molar-refractivity contribution in [2.24, 2.45) is 0 Å². The molecule has 0 saturated carbocycles. The summed E-state index contributed by atoms with van der Waals surface area (Å²) in [5.41, 5.74) is 3.25. The lowest BCUT2D eigenvalue weighted by atomic mass is 9.98. The maximum absolute atomic E-state index is 13.0. The number of benzene rings is 5. The average Bonchev–Trinajstić information content (AvgIpc) is 3.01. The first kappa shape index (κ1) is 27.3. The van der Waals surface area contributed by atoms with Crippen LogP contribution in [0.15, 0.2) is 127 Å². The Hall–Kier alpha value is -5.29. The molecule has 0 atom stereocenters. The third-order valence-electron chi connectivity index (χ3n) is 6.40. The van der Waals surface area contributed by atoms with Gasteiger partial charge < -0.3 is 9.47 Å². The molecule has 5 rings (SSSR count). The van der Waals surface area contributed by atoms with Crippen LogP contribution < -0.4 is 9.47 Å². The van der Waals surface area contributed by atoms with E-state index >= 15 is 0 Å². The van der Waals surface area contributed by atoms with Gasteiger partial charge in [-0.25, -0.2) is 0 Å². The summed E-state index contributed by atoms with van der Waals surface area (Å²) in [6, 6.07) is 36.6. The molecule has 0 heterocycles. The van der Waals surface area contributed by atoms with Crippen molar-refractivity contribution in [3.63, 3.8) is 0 Å². The molecular weight excluding hydrogens is 512 g/mol. The van der Waals surface area contributed by atoms with Gasteiger partial charge in [0, 0.05) is 33.4 Å². The van der Waals surface area contributed by atoms with Crippen LogP contribution in [0.4, 0.5) is 0 Å². The second kappa shape index (κ2) is 12.3. The molecule has 0 bridgehead atoms. The molecule has 0 aliphatic heterocycles. The van der Waals surface area contributed by atoms with Gasteiger partial charge in [0.1, 0.15) is 17.2 Å². The van der Waals surface area contributed by atoms with Crippen molar-refractivity contribution >= 4 is 17.3 Å². The van der Waals surface area contributed by atoms with E-state index in [1.54, 1.807) is 109 Å². The zero-order valence-corrected chi connectivity index (χ0v) is 22.7. The molecule has 0 aliphatic carbocycles. The summed E-state index contributed by atoms with van der Waals surface area (Å²) in [7, 11) is 0. The van der Waals surface area contributed by atoms with E-state index in [2.05, 4.69) is 0 Å². The fourth-order valence-corrected chi connectivity index (χ4v) is 4.30. The first-order valence-corrected chi connectivity index (χ1v) is 13.3. The fourth-order valence-electron chi connectivity index (χ4n) is 4.30. The Kier molecular flexibility index (Phi) is 8.16. The second-order valence-corrected chi connectivity index (χ2v) is 9.77. The Morgan fingerprint density at radius 3 is 1.05 bits per heavy atom. The van der Waals surface area contributed by atoms with Gasteiger partial charge in [-0.1, -0.05) is 54.6 Å². The molecule has 0 aromatic heterocycles. The van der Waals surface area contributed by atoms with Gasteiger partial charge in [0.15, 0.2) is 17.3 Å². The number of rotatable bonds is 10. The number of carbonyl (C=O) groups is 3. The molecule has 0 N–H and O–H groups in total. The van der Waals surface area contributed by atoms with E-state index in [0.717, 1.165) is 5.75 Å². The minimum Gasteiger partial charge on any atom is -0.491 e. The van der Waals surface area contributed by atoms with Crippen molar-refractivity contribution in [1.29, 1.82) is 0 Å². The Morgan fingerprint density at radius 1 is 0.415 bits per heavy atom. The van der Waals surface area contributed by atoms with Crippen molar-refractivity contribution in [3.8, 4) is 17.2 Å². The van der Waals surface area contributed by atoms with E-state index in [1.165, 1.54) is 0 Å². The number of carbonyl (C=O) groups excluding carboxylic acids is 3. The third-order valence-corrected chi connectivity index (χ3v) is 6.40. The molecule has 0 amide bonds. The highest BCUT2D eigenvalue weighted by atomic mass is 16.5. The first-order chi connectivity index (χ1) is 19.9. The Bertz CT molecular complexity index is 1650. The van der Waals surface area contributed by atoms with Crippen LogP contribution in [0.2, 0.25) is 0 Å². The van der Waals surface area contributed by atoms with Gasteiger partial charge in [0.05, 0.1) is 6.10 Å². The Morgan fingerprint density at radius 2 is 0.707 bits per heavy atom. The predicted octanol–water partition coefficient (Wildman–Crippen LogP) is 7.96. The van der Waals surface area contributed by atoms with Crippen LogP contribution in [0.1, 0.15) is 61.6 Å². The quantitative estimate of drug-likeness (QED) is 0.168. The SMILES string of the molecule is CC(C)Oc1ccc(C(=O)c2ccc(Oc3ccc(C(=O)c4ccc(C(=O)c5ccccc5)cc4)cc3)cc2)cc1. The topological polar surface area (TPSA) is 69.7 Å². The van der Waals surface area contributed by atoms with Gasteiger partial charge in [-0.2, -0.15) is 0 Å². The monoisotopic (exact) mass is 540 g/mol. The molecule has 5 nitrogen and oxygen atoms in total. The molecule has 0 spiro atoms. The van der Waals surface area contributed by atoms with Gasteiger partial charge in [-0.05, 0) is 86.6 Å². The van der Waals surface area contributed by atoms with E-state index in [-0.39, 0.29) is 23.5 Å². The lowest BCUT2D eigenvalue weighted by molar-refractivity contribution is 0.102. The van der Waals surface area contributed by atoms with E-state index in [9.17, 15) is 14.4 Å². The smallest absolute Gasteiger partial charge is 0.193 e. The number of hydrogen-bond acceptors (Lipinski definition) is 5. The lowest BCUT2D eigenvalue weighted by Gasteiger charge is -2.10. The lowest BCUT2D eigenvalue weighted by Crippen LogP contribution is -2.06. The van der Waals surface area contributed by atoms with Crippen LogP contribution in [0.25, 0.3) is 0 Å². The molecular formula is C36H28O5. The van der Waals surface area contributed by atoms with Crippen LogP contribution in [0, 0.1) is 0 Å². The van der Waals surface area contributed by atoms with E-state index in [4.69, 9.17) is 9.47 Å². The van der Waals surface area contributed by atoms with Gasteiger partial charge in [0.25, 0.3) is 0 Å². The van der Waals surface area contributed by atoms with Crippen molar-refractivity contribution in [3.05, 3.63) is 161 Å². The summed E-state index contributed by atoms with van der Waals surface area (Å²) in [5, 5.41) is 0. The summed E-state index contributed by atoms with van der Waals surface area (Å²) in [5.74, 6) is 1.52. The highest BCUT2D eigenvalue weighted by molar-refractivity contribution is 6.12. The summed E-state index contributed by atoms with van der Waals surface area (Å²) < 4.78 is 11.6. The zero-order chi connectivity index (χ0) is 28.8. The van der Waals surface area contributed by atoms with Gasteiger partial charge in [-0.3, -0.25) is 14.4 Å². The molecule has 5 aromatic carbocycles. The maximum Gasteiger partial charge on any atom is 0.193 e. The molecule has 0 unspecified atom stereocenters. The van der Waals surface area contributed by atoms with E-state index < -0.39 is 0 Å². The predicted molar refractivity (Wildman–Crippen MR) is 158 cm³/mol. The minimum atomic E-state index is -0.151. The molecule has 0 fully saturated rings. The largest absolute Gasteiger partial charge is 0.491 e. The molecule has 0 saturated heterocycles. The summed E-state index contributed by atoms with van der Waals surface area (Å²) in [6.07, 6.45) is 0.0663. The Balaban J connectivity index is 1.20. The summed E-state index contributed by atoms with van der Waals surface area (Å²) >= 11 is 0. The number of ether oxygens (including phenoxy) is 2. The number of ketones is 3. The van der Waals surface area contributed by atoms with Crippen molar-refractivity contribution in [2.45, 2.75) is 20.0 Å². The molecule has 0 radical (unpaired) electrons. The van der Waals surface area contributed by atoms with E-state index in [0.29, 0.717) is 44.9 Å². The third kappa shape index (κ3) is 6.65. The van der Waals surface area contributed by atoms with E-state index in [1.807, 2.05) is 32.0 Å². The van der Waals surface area contributed by atoms with Gasteiger partial charge >= 0.3 is 0 Å². The highest BCUT2D eigenvalue weighted by Crippen LogP contribution is 2.24. The van der Waals surface area contributed by atoms with Crippen LogP contribution >= 0.6 is 0 Å². The molecule has 202 valence electrons. The highest BCUT2D eigenvalue weighted by Gasteiger charge is 2.13. The Labute approximate surface area is 239 Å². The summed E-state index contributed by atoms with van der Waals surface area (Å²) in [6.45, 7) is 3.91. The van der Waals surface area contributed by atoms with Crippen LogP contribution in [-0.4, -0.2) is 23.5 Å². The minimum absolute atomic E-state index is 0.0663. The average molecular weight is 541 g/mol. The van der Waals surface area contributed by atoms with Crippen molar-refractivity contribution < 1.29 is 23.9 Å². The van der Waals surface area contributed by atoms with Crippen molar-refractivity contribution in [1.82, 2.24) is 0 Å². The molecule has 0 aliphatic rings. The molecule has 5 heteroatoms. The van der Waals surface area contributed by atoms with Crippen molar-refractivity contribution in [2.75, 3.05) is 0 Å². The first-order valence-electron chi connectivity index (χ1n) is 13.3. The number of hydrogen-bond donors (Lipinski definition) is 0. The van der Waals surface area contributed by atoms with Crippen LogP contribution in [0.5, 0.6) is 17.2 Å². The fraction of sp³-hybridized carbons (Fsp3) is 0.0833. The standard InChI is InChI=1S/C36H28O5/c1-24(2)40-31-18-12-28(13-19-31)36(39)30-16-22-33(23-17-30)41-32-20-14-29(15-21-32)35(38)27-10-8-26(9-11-27)34(37)25-6-4-3-5-7-25/h3-24H,1-2H3. The molecule has 5 aromatic rings. The summed E-state index contributed by atoms with van der Waals surface area (Å²) in [4.78, 5) is 38.5.